The van der Waals surface area contributed by atoms with Gasteiger partial charge in [0.1, 0.15) is 12.6 Å². The van der Waals surface area contributed by atoms with Gasteiger partial charge in [0.05, 0.1) is 7.11 Å². The molecule has 0 fully saturated rings. The van der Waals surface area contributed by atoms with Crippen LogP contribution >= 0.6 is 0 Å². The van der Waals surface area contributed by atoms with Crippen molar-refractivity contribution in [2.45, 2.75) is 12.5 Å². The zero-order chi connectivity index (χ0) is 13.1. The third-order valence-corrected chi connectivity index (χ3v) is 3.04. The first-order valence-corrected chi connectivity index (χ1v) is 5.78. The summed E-state index contributed by atoms with van der Waals surface area (Å²) in [5, 5.41) is 3.16. The van der Waals surface area contributed by atoms with E-state index in [1.807, 2.05) is 24.3 Å². The molecule has 96 valence electrons. The molecule has 1 aromatic carbocycles. The molecule has 2 rings (SSSR count). The van der Waals surface area contributed by atoms with Crippen molar-refractivity contribution in [3.63, 3.8) is 0 Å². The van der Waals surface area contributed by atoms with E-state index in [2.05, 4.69) is 10.1 Å². The summed E-state index contributed by atoms with van der Waals surface area (Å²) in [5.41, 5.74) is 2.12. The number of carbonyl (C=O) groups is 2. The predicted octanol–water partition coefficient (Wildman–Crippen LogP) is 0.655. The second-order valence-corrected chi connectivity index (χ2v) is 4.33. The molecule has 1 atom stereocenters. The molecule has 1 aliphatic heterocycles. The third-order valence-electron chi connectivity index (χ3n) is 3.04. The molecule has 0 saturated carbocycles. The third kappa shape index (κ3) is 2.45. The Morgan fingerprint density at radius 2 is 2.17 bits per heavy atom. The predicted molar refractivity (Wildman–Crippen MR) is 67.2 cm³/mol. The Hall–Kier alpha value is -2.04. The Morgan fingerprint density at radius 3 is 2.83 bits per heavy atom. The minimum absolute atomic E-state index is 0.0239. The number of carbonyl (C=O) groups excluding carboxylic acids is 2. The van der Waals surface area contributed by atoms with Gasteiger partial charge in [0.2, 0.25) is 5.91 Å². The van der Waals surface area contributed by atoms with Crippen LogP contribution in [0.1, 0.15) is 5.56 Å². The lowest BCUT2D eigenvalue weighted by molar-refractivity contribution is -0.146. The molecular formula is C13H16N2O3. The van der Waals surface area contributed by atoms with Crippen molar-refractivity contribution in [1.82, 2.24) is 4.90 Å². The average Bonchev–Trinajstić information content (AvgIpc) is 2.81. The molecule has 1 N–H and O–H groups in total. The van der Waals surface area contributed by atoms with Gasteiger partial charge in [-0.05, 0) is 11.6 Å². The molecule has 18 heavy (non-hydrogen) atoms. The number of para-hydroxylation sites is 1. The molecule has 0 aliphatic carbocycles. The van der Waals surface area contributed by atoms with E-state index in [9.17, 15) is 9.59 Å². The quantitative estimate of drug-likeness (QED) is 0.798. The van der Waals surface area contributed by atoms with Crippen molar-refractivity contribution in [2.75, 3.05) is 26.0 Å². The molecule has 1 unspecified atom stereocenters. The number of anilines is 1. The van der Waals surface area contributed by atoms with Crippen molar-refractivity contribution in [3.8, 4) is 0 Å². The number of likely N-dealkylation sites (N-methyl/N-ethyl adjacent to an activating group) is 1. The fourth-order valence-corrected chi connectivity index (χ4v) is 2.05. The first kappa shape index (κ1) is 12.4. The van der Waals surface area contributed by atoms with Crippen LogP contribution in [-0.4, -0.2) is 43.5 Å². The van der Waals surface area contributed by atoms with E-state index >= 15 is 0 Å². The lowest BCUT2D eigenvalue weighted by Gasteiger charge is -2.20. The number of benzene rings is 1. The van der Waals surface area contributed by atoms with Gasteiger partial charge in [0.25, 0.3) is 0 Å². The minimum Gasteiger partial charge on any atom is -0.468 e. The molecule has 1 aromatic rings. The summed E-state index contributed by atoms with van der Waals surface area (Å²) in [6, 6.07) is 7.53. The fraction of sp³-hybridized carbons (Fsp3) is 0.385. The summed E-state index contributed by atoms with van der Waals surface area (Å²) in [6.07, 6.45) is 0.653. The first-order chi connectivity index (χ1) is 8.61. The van der Waals surface area contributed by atoms with Gasteiger partial charge in [-0.15, -0.1) is 0 Å². The molecule has 1 heterocycles. The van der Waals surface area contributed by atoms with Crippen molar-refractivity contribution in [1.29, 1.82) is 0 Å². The normalized spacial score (nSPS) is 16.7. The number of rotatable bonds is 3. The van der Waals surface area contributed by atoms with Gasteiger partial charge in [-0.2, -0.15) is 0 Å². The molecule has 5 heteroatoms. The second-order valence-electron chi connectivity index (χ2n) is 4.33. The Morgan fingerprint density at radius 1 is 1.44 bits per heavy atom. The van der Waals surface area contributed by atoms with E-state index in [1.165, 1.54) is 12.0 Å². The van der Waals surface area contributed by atoms with Crippen molar-refractivity contribution in [2.24, 2.45) is 0 Å². The maximum Gasteiger partial charge on any atom is 0.325 e. The molecule has 0 saturated heterocycles. The highest BCUT2D eigenvalue weighted by Gasteiger charge is 2.29. The van der Waals surface area contributed by atoms with Gasteiger partial charge < -0.3 is 15.0 Å². The SMILES string of the molecule is COC(=O)CN(C)C(=O)C1Cc2ccccc2N1. The molecule has 0 bridgehead atoms. The number of nitrogens with zero attached hydrogens (tertiary/aromatic N) is 1. The molecule has 5 nitrogen and oxygen atoms in total. The lowest BCUT2D eigenvalue weighted by atomic mass is 10.1. The number of hydrogen-bond acceptors (Lipinski definition) is 4. The van der Waals surface area contributed by atoms with E-state index in [4.69, 9.17) is 0 Å². The number of nitrogens with one attached hydrogen (secondary N) is 1. The van der Waals surface area contributed by atoms with Crippen LogP contribution in [0.25, 0.3) is 0 Å². The zero-order valence-corrected chi connectivity index (χ0v) is 10.5. The number of ether oxygens (including phenoxy) is 1. The molecule has 0 spiro atoms. The smallest absolute Gasteiger partial charge is 0.325 e. The van der Waals surface area contributed by atoms with Crippen LogP contribution in [0.15, 0.2) is 24.3 Å². The van der Waals surface area contributed by atoms with Crippen molar-refractivity contribution in [3.05, 3.63) is 29.8 Å². The van der Waals surface area contributed by atoms with Crippen LogP contribution in [-0.2, 0) is 20.7 Å². The van der Waals surface area contributed by atoms with Crippen LogP contribution in [0.4, 0.5) is 5.69 Å². The van der Waals surface area contributed by atoms with Crippen LogP contribution in [0.3, 0.4) is 0 Å². The van der Waals surface area contributed by atoms with Crippen molar-refractivity contribution >= 4 is 17.6 Å². The van der Waals surface area contributed by atoms with E-state index in [0.29, 0.717) is 6.42 Å². The van der Waals surface area contributed by atoms with Gasteiger partial charge >= 0.3 is 5.97 Å². The van der Waals surface area contributed by atoms with Gasteiger partial charge in [-0.3, -0.25) is 9.59 Å². The maximum absolute atomic E-state index is 12.1. The van der Waals surface area contributed by atoms with E-state index in [-0.39, 0.29) is 18.5 Å². The Labute approximate surface area is 106 Å². The van der Waals surface area contributed by atoms with E-state index in [0.717, 1.165) is 11.3 Å². The minimum atomic E-state index is -0.415. The monoisotopic (exact) mass is 248 g/mol. The number of methoxy groups -OCH3 is 1. The highest BCUT2D eigenvalue weighted by Crippen LogP contribution is 2.25. The molecule has 0 aromatic heterocycles. The Bertz CT molecular complexity index is 448. The van der Waals surface area contributed by atoms with E-state index in [1.54, 1.807) is 7.05 Å². The average molecular weight is 248 g/mol. The fourth-order valence-electron chi connectivity index (χ4n) is 2.05. The maximum atomic E-state index is 12.1. The lowest BCUT2D eigenvalue weighted by Crippen LogP contribution is -2.42. The van der Waals surface area contributed by atoms with Crippen LogP contribution in [0, 0.1) is 0 Å². The van der Waals surface area contributed by atoms with Crippen LogP contribution in [0.5, 0.6) is 0 Å². The Kier molecular flexibility index (Phi) is 3.50. The molecular weight excluding hydrogens is 232 g/mol. The number of esters is 1. The summed E-state index contributed by atoms with van der Waals surface area (Å²) in [4.78, 5) is 24.6. The number of fused-ring (bicyclic) bond motifs is 1. The Balaban J connectivity index is 1.98. The molecule has 1 amide bonds. The van der Waals surface area contributed by atoms with Crippen molar-refractivity contribution < 1.29 is 14.3 Å². The zero-order valence-electron chi connectivity index (χ0n) is 10.5. The topological polar surface area (TPSA) is 58.6 Å². The standard InChI is InChI=1S/C13H16N2O3/c1-15(8-12(16)18-2)13(17)11-7-9-5-3-4-6-10(9)14-11/h3-6,11,14H,7-8H2,1-2H3. The summed E-state index contributed by atoms with van der Waals surface area (Å²) in [6.45, 7) is -0.0239. The summed E-state index contributed by atoms with van der Waals surface area (Å²) in [7, 11) is 2.91. The van der Waals surface area contributed by atoms with Crippen LogP contribution in [0.2, 0.25) is 0 Å². The number of hydrogen-bond donors (Lipinski definition) is 1. The first-order valence-electron chi connectivity index (χ1n) is 5.78. The van der Waals surface area contributed by atoms with Gasteiger partial charge in [0.15, 0.2) is 0 Å². The highest BCUT2D eigenvalue weighted by atomic mass is 16.5. The molecule has 1 aliphatic rings. The number of amides is 1. The summed E-state index contributed by atoms with van der Waals surface area (Å²) >= 11 is 0. The van der Waals surface area contributed by atoms with Gasteiger partial charge in [-0.25, -0.2) is 0 Å². The van der Waals surface area contributed by atoms with Crippen LogP contribution < -0.4 is 5.32 Å². The summed E-state index contributed by atoms with van der Waals surface area (Å²) in [5.74, 6) is -0.516. The summed E-state index contributed by atoms with van der Waals surface area (Å²) < 4.78 is 4.54. The second kappa shape index (κ2) is 5.08. The van der Waals surface area contributed by atoms with Gasteiger partial charge in [0, 0.05) is 19.2 Å². The van der Waals surface area contributed by atoms with E-state index < -0.39 is 5.97 Å². The highest BCUT2D eigenvalue weighted by molar-refractivity contribution is 5.89. The van der Waals surface area contributed by atoms with Gasteiger partial charge in [-0.1, -0.05) is 18.2 Å². The largest absolute Gasteiger partial charge is 0.468 e. The molecule has 0 radical (unpaired) electrons.